The van der Waals surface area contributed by atoms with Crippen LogP contribution >= 0.6 is 0 Å². The lowest BCUT2D eigenvalue weighted by Crippen LogP contribution is -2.36. The second kappa shape index (κ2) is 2.58. The van der Waals surface area contributed by atoms with E-state index in [1.807, 2.05) is 13.8 Å². The molecule has 1 aliphatic rings. The van der Waals surface area contributed by atoms with Crippen molar-refractivity contribution in [2.75, 3.05) is 19.7 Å². The quantitative estimate of drug-likeness (QED) is 0.570. The van der Waals surface area contributed by atoms with E-state index in [1.165, 1.54) is 0 Å². The van der Waals surface area contributed by atoms with Gasteiger partial charge in [0.25, 0.3) is 0 Å². The fourth-order valence-corrected chi connectivity index (χ4v) is 0.926. The molecule has 10 heavy (non-hydrogen) atoms. The van der Waals surface area contributed by atoms with Gasteiger partial charge in [0.15, 0.2) is 0 Å². The molecule has 0 fully saturated rings. The number of hydrogen-bond donors (Lipinski definition) is 2. The smallest absolute Gasteiger partial charge is 0.104 e. The van der Waals surface area contributed by atoms with Crippen molar-refractivity contribution in [1.82, 2.24) is 5.32 Å². The first-order chi connectivity index (χ1) is 4.67. The Hall–Kier alpha value is -0.570. The van der Waals surface area contributed by atoms with Crippen LogP contribution in [0, 0.1) is 5.41 Å². The van der Waals surface area contributed by atoms with Crippen LogP contribution < -0.4 is 5.32 Å². The molecule has 0 saturated heterocycles. The number of aliphatic imine (C=N–C) groups is 1. The summed E-state index contributed by atoms with van der Waals surface area (Å²) < 4.78 is 0. The second-order valence-electron chi connectivity index (χ2n) is 3.20. The Bertz CT molecular complexity index is 152. The predicted molar refractivity (Wildman–Crippen MR) is 41.2 cm³/mol. The molecule has 3 heteroatoms. The fraction of sp³-hybridized carbons (Fsp3) is 0.857. The lowest BCUT2D eigenvalue weighted by molar-refractivity contribution is 0.211. The molecule has 2 N–H and O–H groups in total. The standard InChI is InChI=1S/C7H14N2O/c1-7(2,5-10)6-8-3-4-9-6/h10H,3-5H2,1-2H3,(H,8,9). The largest absolute Gasteiger partial charge is 0.395 e. The normalized spacial score (nSPS) is 18.5. The zero-order valence-corrected chi connectivity index (χ0v) is 6.52. The van der Waals surface area contributed by atoms with Crippen molar-refractivity contribution in [3.8, 4) is 0 Å². The molecule has 0 bridgehead atoms. The number of rotatable bonds is 2. The van der Waals surface area contributed by atoms with Crippen LogP contribution in [-0.2, 0) is 0 Å². The molecule has 0 aromatic rings. The van der Waals surface area contributed by atoms with E-state index in [0.29, 0.717) is 0 Å². The highest BCUT2D eigenvalue weighted by molar-refractivity contribution is 5.88. The van der Waals surface area contributed by atoms with E-state index in [1.54, 1.807) is 0 Å². The fourth-order valence-electron chi connectivity index (χ4n) is 0.926. The van der Waals surface area contributed by atoms with E-state index < -0.39 is 0 Å². The molecule has 1 heterocycles. The number of nitrogens with one attached hydrogen (secondary N) is 1. The molecule has 1 rings (SSSR count). The van der Waals surface area contributed by atoms with Crippen LogP contribution in [0.2, 0.25) is 0 Å². The molecule has 0 aromatic heterocycles. The Labute approximate surface area is 61.2 Å². The molecule has 3 nitrogen and oxygen atoms in total. The minimum absolute atomic E-state index is 0.152. The monoisotopic (exact) mass is 142 g/mol. The maximum Gasteiger partial charge on any atom is 0.104 e. The Morgan fingerprint density at radius 3 is 2.80 bits per heavy atom. The second-order valence-corrected chi connectivity index (χ2v) is 3.20. The van der Waals surface area contributed by atoms with E-state index in [0.717, 1.165) is 18.9 Å². The highest BCUT2D eigenvalue weighted by Crippen LogP contribution is 2.16. The average Bonchev–Trinajstić information content (AvgIpc) is 2.38. The molecule has 58 valence electrons. The van der Waals surface area contributed by atoms with E-state index in [4.69, 9.17) is 5.11 Å². The van der Waals surface area contributed by atoms with Crippen molar-refractivity contribution in [2.24, 2.45) is 10.4 Å². The first-order valence-corrected chi connectivity index (χ1v) is 3.56. The summed E-state index contributed by atoms with van der Waals surface area (Å²) in [5, 5.41) is 12.1. The van der Waals surface area contributed by atoms with Crippen LogP contribution in [0.25, 0.3) is 0 Å². The number of amidine groups is 1. The summed E-state index contributed by atoms with van der Waals surface area (Å²) in [6, 6.07) is 0. The van der Waals surface area contributed by atoms with Gasteiger partial charge in [0.2, 0.25) is 0 Å². The summed E-state index contributed by atoms with van der Waals surface area (Å²) in [5.74, 6) is 0.940. The van der Waals surface area contributed by atoms with Gasteiger partial charge >= 0.3 is 0 Å². The summed E-state index contributed by atoms with van der Waals surface area (Å²) in [4.78, 5) is 4.22. The van der Waals surface area contributed by atoms with Gasteiger partial charge in [0.05, 0.1) is 13.2 Å². The van der Waals surface area contributed by atoms with Gasteiger partial charge in [-0.1, -0.05) is 13.8 Å². The number of nitrogens with zero attached hydrogens (tertiary/aromatic N) is 1. The van der Waals surface area contributed by atoms with Crippen LogP contribution in [0.15, 0.2) is 4.99 Å². The van der Waals surface area contributed by atoms with Gasteiger partial charge in [0, 0.05) is 12.0 Å². The lowest BCUT2D eigenvalue weighted by atomic mass is 9.93. The first kappa shape index (κ1) is 7.54. The summed E-state index contributed by atoms with van der Waals surface area (Å²) in [7, 11) is 0. The van der Waals surface area contributed by atoms with Crippen LogP contribution in [0.5, 0.6) is 0 Å². The zero-order chi connectivity index (χ0) is 7.61. The number of aliphatic hydroxyl groups is 1. The summed E-state index contributed by atoms with van der Waals surface area (Å²) >= 11 is 0. The molecule has 0 radical (unpaired) electrons. The SMILES string of the molecule is CC(C)(CO)C1=NCCN1. The maximum absolute atomic E-state index is 8.93. The van der Waals surface area contributed by atoms with Crippen molar-refractivity contribution < 1.29 is 5.11 Å². The lowest BCUT2D eigenvalue weighted by Gasteiger charge is -2.21. The van der Waals surface area contributed by atoms with Crippen LogP contribution in [0.3, 0.4) is 0 Å². The molecule has 1 aliphatic heterocycles. The van der Waals surface area contributed by atoms with Crippen molar-refractivity contribution in [3.05, 3.63) is 0 Å². The van der Waals surface area contributed by atoms with Gasteiger partial charge in [-0.15, -0.1) is 0 Å². The van der Waals surface area contributed by atoms with E-state index in [-0.39, 0.29) is 12.0 Å². The van der Waals surface area contributed by atoms with Gasteiger partial charge in [-0.25, -0.2) is 0 Å². The van der Waals surface area contributed by atoms with Crippen LogP contribution in [-0.4, -0.2) is 30.6 Å². The van der Waals surface area contributed by atoms with Crippen molar-refractivity contribution in [3.63, 3.8) is 0 Å². The van der Waals surface area contributed by atoms with Crippen molar-refractivity contribution >= 4 is 5.84 Å². The van der Waals surface area contributed by atoms with Gasteiger partial charge in [-0.2, -0.15) is 0 Å². The minimum atomic E-state index is -0.184. The van der Waals surface area contributed by atoms with Gasteiger partial charge in [0.1, 0.15) is 5.84 Å². The number of aliphatic hydroxyl groups excluding tert-OH is 1. The molecular formula is C7H14N2O. The van der Waals surface area contributed by atoms with Crippen molar-refractivity contribution in [1.29, 1.82) is 0 Å². The van der Waals surface area contributed by atoms with Gasteiger partial charge < -0.3 is 10.4 Å². The van der Waals surface area contributed by atoms with Crippen molar-refractivity contribution in [2.45, 2.75) is 13.8 Å². The summed E-state index contributed by atoms with van der Waals surface area (Å²) in [6.07, 6.45) is 0. The average molecular weight is 142 g/mol. The highest BCUT2D eigenvalue weighted by Gasteiger charge is 2.25. The molecule has 0 unspecified atom stereocenters. The maximum atomic E-state index is 8.93. The topological polar surface area (TPSA) is 44.6 Å². The molecule has 0 atom stereocenters. The third kappa shape index (κ3) is 1.29. The first-order valence-electron chi connectivity index (χ1n) is 3.56. The zero-order valence-electron chi connectivity index (χ0n) is 6.52. The minimum Gasteiger partial charge on any atom is -0.395 e. The van der Waals surface area contributed by atoms with Crippen LogP contribution in [0.4, 0.5) is 0 Å². The van der Waals surface area contributed by atoms with Crippen LogP contribution in [0.1, 0.15) is 13.8 Å². The molecule has 0 amide bonds. The van der Waals surface area contributed by atoms with E-state index in [2.05, 4.69) is 10.3 Å². The Morgan fingerprint density at radius 1 is 1.70 bits per heavy atom. The van der Waals surface area contributed by atoms with E-state index >= 15 is 0 Å². The van der Waals surface area contributed by atoms with E-state index in [9.17, 15) is 0 Å². The number of hydrogen-bond acceptors (Lipinski definition) is 3. The Morgan fingerprint density at radius 2 is 2.40 bits per heavy atom. The highest BCUT2D eigenvalue weighted by atomic mass is 16.3. The third-order valence-electron chi connectivity index (χ3n) is 1.71. The molecular weight excluding hydrogens is 128 g/mol. The van der Waals surface area contributed by atoms with Gasteiger partial charge in [-0.05, 0) is 0 Å². The van der Waals surface area contributed by atoms with Gasteiger partial charge in [-0.3, -0.25) is 4.99 Å². The molecule has 0 spiro atoms. The molecule has 0 saturated carbocycles. The Kier molecular flexibility index (Phi) is 1.94. The predicted octanol–water partition coefficient (Wildman–Crippen LogP) is 0.00660. The third-order valence-corrected chi connectivity index (χ3v) is 1.71. The molecule has 0 aliphatic carbocycles. The Balaban J connectivity index is 2.62. The molecule has 0 aromatic carbocycles. The summed E-state index contributed by atoms with van der Waals surface area (Å²) in [5.41, 5.74) is -0.184. The summed E-state index contributed by atoms with van der Waals surface area (Å²) in [6.45, 7) is 5.87.